The van der Waals surface area contributed by atoms with Gasteiger partial charge in [-0.1, -0.05) is 67.6 Å². The Morgan fingerprint density at radius 1 is 1.03 bits per heavy atom. The third-order valence-corrected chi connectivity index (χ3v) is 7.57. The molecule has 0 spiro atoms. The van der Waals surface area contributed by atoms with Crippen LogP contribution in [0.25, 0.3) is 0 Å². The summed E-state index contributed by atoms with van der Waals surface area (Å²) in [6.07, 6.45) is 0.667. The molecule has 2 aromatic rings. The van der Waals surface area contributed by atoms with E-state index in [0.717, 1.165) is 11.1 Å². The number of ether oxygens (including phenoxy) is 3. The Balaban J connectivity index is 1.46. The van der Waals surface area contributed by atoms with Crippen molar-refractivity contribution >= 4 is 31.5 Å². The van der Waals surface area contributed by atoms with E-state index < -0.39 is 11.5 Å². The Bertz CT molecular complexity index is 905. The highest BCUT2D eigenvalue weighted by atomic mass is 32.2. The van der Waals surface area contributed by atoms with Gasteiger partial charge >= 0.3 is 11.9 Å². The zero-order valence-electron chi connectivity index (χ0n) is 17.9. The first-order valence-corrected chi connectivity index (χ1v) is 11.6. The van der Waals surface area contributed by atoms with Crippen molar-refractivity contribution in [3.05, 3.63) is 71.8 Å². The summed E-state index contributed by atoms with van der Waals surface area (Å²) in [5.41, 5.74) is 0.986. The molecule has 0 radical (unpaired) electrons. The molecule has 2 saturated heterocycles. The molecule has 4 rings (SSSR count). The summed E-state index contributed by atoms with van der Waals surface area (Å²) in [7, 11) is 1.98. The third-order valence-electron chi connectivity index (χ3n) is 5.97. The van der Waals surface area contributed by atoms with Gasteiger partial charge in [0.25, 0.3) is 0 Å². The number of hydrogen-bond donors (Lipinski definition) is 0. The number of thioether (sulfide) groups is 1. The van der Waals surface area contributed by atoms with Gasteiger partial charge in [-0.05, 0) is 17.5 Å². The molecule has 2 heterocycles. The summed E-state index contributed by atoms with van der Waals surface area (Å²) < 4.78 is 17.5. The number of carbonyl (C=O) groups is 2. The molecule has 7 heteroatoms. The first-order valence-electron chi connectivity index (χ1n) is 10.7. The zero-order chi connectivity index (χ0) is 21.8. The standard InChI is InChI=1S/C24H27BO5S/c1-16-12-24(13-19(26)28-14-17-8-4-2-5-9-17)20(21(31-16)22(25)30-24)23(27)29-15-18-10-6-3-7-11-18/h2-11,16,20-22H,12-15,25H2,1H3/t16-,20?,21?,22+,24+/m0/s1. The van der Waals surface area contributed by atoms with E-state index in [9.17, 15) is 9.59 Å². The van der Waals surface area contributed by atoms with E-state index in [-0.39, 0.29) is 48.1 Å². The fraction of sp³-hybridized carbons (Fsp3) is 0.417. The highest BCUT2D eigenvalue weighted by Crippen LogP contribution is 2.54. The molecule has 0 aromatic heterocycles. The maximum Gasteiger partial charge on any atom is 0.313 e. The Morgan fingerprint density at radius 3 is 2.23 bits per heavy atom. The monoisotopic (exact) mass is 438 g/mol. The molecule has 5 atom stereocenters. The van der Waals surface area contributed by atoms with E-state index in [1.807, 2.05) is 68.5 Å². The van der Waals surface area contributed by atoms with Crippen molar-refractivity contribution in [1.29, 1.82) is 0 Å². The second-order valence-corrected chi connectivity index (χ2v) is 10.0. The molecule has 2 aliphatic rings. The van der Waals surface area contributed by atoms with Crippen molar-refractivity contribution in [2.75, 3.05) is 0 Å². The highest BCUT2D eigenvalue weighted by Gasteiger charge is 2.62. The van der Waals surface area contributed by atoms with E-state index in [2.05, 4.69) is 6.92 Å². The van der Waals surface area contributed by atoms with Crippen molar-refractivity contribution in [1.82, 2.24) is 0 Å². The van der Waals surface area contributed by atoms with E-state index in [4.69, 9.17) is 14.2 Å². The molecule has 2 unspecified atom stereocenters. The van der Waals surface area contributed by atoms with Gasteiger partial charge in [-0.25, -0.2) is 0 Å². The minimum Gasteiger partial charge on any atom is -0.461 e. The second kappa shape index (κ2) is 9.49. The number of fused-ring (bicyclic) bond motifs is 2. The van der Waals surface area contributed by atoms with Crippen molar-refractivity contribution in [2.24, 2.45) is 5.92 Å². The second-order valence-electron chi connectivity index (χ2n) is 8.40. The molecule has 2 aromatic carbocycles. The van der Waals surface area contributed by atoms with E-state index >= 15 is 0 Å². The molecule has 162 valence electrons. The molecular formula is C24H27BO5S. The van der Waals surface area contributed by atoms with Crippen LogP contribution in [0.3, 0.4) is 0 Å². The van der Waals surface area contributed by atoms with Crippen LogP contribution in [0.1, 0.15) is 30.9 Å². The van der Waals surface area contributed by atoms with Crippen LogP contribution >= 0.6 is 11.8 Å². The molecule has 0 N–H and O–H groups in total. The third kappa shape index (κ3) is 4.99. The Morgan fingerprint density at radius 2 is 1.61 bits per heavy atom. The van der Waals surface area contributed by atoms with Gasteiger partial charge in [-0.2, -0.15) is 11.8 Å². The van der Waals surface area contributed by atoms with Crippen molar-refractivity contribution in [3.8, 4) is 0 Å². The molecule has 2 fully saturated rings. The minimum absolute atomic E-state index is 0.0334. The molecule has 2 aliphatic heterocycles. The first kappa shape index (κ1) is 22.0. The molecular weight excluding hydrogens is 411 g/mol. The van der Waals surface area contributed by atoms with Gasteiger partial charge in [0.15, 0.2) is 0 Å². The maximum absolute atomic E-state index is 13.2. The maximum atomic E-state index is 13.2. The van der Waals surface area contributed by atoms with Crippen LogP contribution in [0.2, 0.25) is 0 Å². The smallest absolute Gasteiger partial charge is 0.313 e. The number of hydrogen-bond acceptors (Lipinski definition) is 6. The minimum atomic E-state index is -0.879. The lowest BCUT2D eigenvalue weighted by atomic mass is 9.78. The topological polar surface area (TPSA) is 61.8 Å². The summed E-state index contributed by atoms with van der Waals surface area (Å²) in [4.78, 5) is 25.9. The van der Waals surface area contributed by atoms with Gasteiger partial charge in [0, 0.05) is 16.5 Å². The molecule has 31 heavy (non-hydrogen) atoms. The average Bonchev–Trinajstić information content (AvgIpc) is 2.94. The van der Waals surface area contributed by atoms with Crippen LogP contribution in [0.15, 0.2) is 60.7 Å². The van der Waals surface area contributed by atoms with Crippen LogP contribution in [-0.4, -0.2) is 41.9 Å². The number of benzene rings is 2. The zero-order valence-corrected chi connectivity index (χ0v) is 18.7. The fourth-order valence-electron chi connectivity index (χ4n) is 4.67. The van der Waals surface area contributed by atoms with Gasteiger partial charge in [0.2, 0.25) is 0 Å². The molecule has 0 amide bonds. The quantitative estimate of drug-likeness (QED) is 0.489. The van der Waals surface area contributed by atoms with Crippen LogP contribution in [0, 0.1) is 5.92 Å². The van der Waals surface area contributed by atoms with Gasteiger partial charge in [0.1, 0.15) is 21.1 Å². The van der Waals surface area contributed by atoms with E-state index in [1.165, 1.54) is 0 Å². The number of rotatable bonds is 7. The summed E-state index contributed by atoms with van der Waals surface area (Å²) >= 11 is 1.75. The van der Waals surface area contributed by atoms with Crippen LogP contribution in [-0.2, 0) is 37.0 Å². The van der Waals surface area contributed by atoms with Gasteiger partial charge < -0.3 is 14.2 Å². The number of esters is 2. The van der Waals surface area contributed by atoms with E-state index in [0.29, 0.717) is 6.42 Å². The predicted octanol–water partition coefficient (Wildman–Crippen LogP) is 3.10. The SMILES string of the molecule is B[C@@H]1O[C@@]2(CC(=O)OCc3ccccc3)C[C@H](C)SC1C2C(=O)OCc1ccccc1. The fourth-order valence-corrected chi connectivity index (χ4v) is 6.38. The normalized spacial score (nSPS) is 29.3. The van der Waals surface area contributed by atoms with Gasteiger partial charge in [-0.15, -0.1) is 0 Å². The first-order chi connectivity index (χ1) is 15.0. The Hall–Kier alpha value is -2.25. The Kier molecular flexibility index (Phi) is 6.72. The molecule has 0 saturated carbocycles. The molecule has 5 nitrogen and oxygen atoms in total. The lowest BCUT2D eigenvalue weighted by molar-refractivity contribution is -0.164. The van der Waals surface area contributed by atoms with Crippen molar-refractivity contribution < 1.29 is 23.8 Å². The van der Waals surface area contributed by atoms with Crippen molar-refractivity contribution in [2.45, 2.75) is 55.1 Å². The summed E-state index contributed by atoms with van der Waals surface area (Å²) in [6.45, 7) is 2.54. The van der Waals surface area contributed by atoms with Gasteiger partial charge in [-0.3, -0.25) is 9.59 Å². The van der Waals surface area contributed by atoms with Crippen LogP contribution < -0.4 is 0 Å². The Labute approximate surface area is 188 Å². The summed E-state index contributed by atoms with van der Waals surface area (Å²) in [6, 6.07) is 19.1. The molecule has 2 bridgehead atoms. The highest BCUT2D eigenvalue weighted by molar-refractivity contribution is 8.00. The lowest BCUT2D eigenvalue weighted by Crippen LogP contribution is -2.49. The molecule has 0 aliphatic carbocycles. The van der Waals surface area contributed by atoms with Crippen LogP contribution in [0.5, 0.6) is 0 Å². The number of carbonyl (C=O) groups excluding carboxylic acids is 2. The lowest BCUT2D eigenvalue weighted by Gasteiger charge is -2.39. The average molecular weight is 438 g/mol. The van der Waals surface area contributed by atoms with Crippen LogP contribution in [0.4, 0.5) is 0 Å². The largest absolute Gasteiger partial charge is 0.461 e. The summed E-state index contributed by atoms with van der Waals surface area (Å²) in [5.74, 6) is -1.14. The van der Waals surface area contributed by atoms with Gasteiger partial charge in [0.05, 0.1) is 17.9 Å². The van der Waals surface area contributed by atoms with Crippen molar-refractivity contribution in [3.63, 3.8) is 0 Å². The summed E-state index contributed by atoms with van der Waals surface area (Å²) in [5, 5.41) is 0.254. The predicted molar refractivity (Wildman–Crippen MR) is 122 cm³/mol. The van der Waals surface area contributed by atoms with E-state index in [1.54, 1.807) is 11.8 Å².